The van der Waals surface area contributed by atoms with Crippen LogP contribution in [-0.2, 0) is 19.5 Å². The average molecular weight is 338 g/mol. The highest BCUT2D eigenvalue weighted by molar-refractivity contribution is 7.89. The number of carbonyl (C=O) groups is 1. The van der Waals surface area contributed by atoms with Crippen LogP contribution < -0.4 is 5.14 Å². The van der Waals surface area contributed by atoms with E-state index in [1.54, 1.807) is 0 Å². The molecule has 0 aromatic heterocycles. The van der Waals surface area contributed by atoms with Gasteiger partial charge < -0.3 is 9.47 Å². The largest absolute Gasteiger partial charge is 0.459 e. The normalized spacial score (nSPS) is 16.7. The van der Waals surface area contributed by atoms with Crippen LogP contribution in [0.2, 0.25) is 5.02 Å². The maximum atomic E-state index is 14.1. The fourth-order valence-electron chi connectivity index (χ4n) is 1.93. The highest BCUT2D eigenvalue weighted by Gasteiger charge is 2.26. The molecule has 1 aromatic rings. The number of carbonyl (C=O) groups excluding carboxylic acids is 1. The van der Waals surface area contributed by atoms with Crippen molar-refractivity contribution in [2.24, 2.45) is 5.14 Å². The number of primary sulfonamides is 1. The predicted molar refractivity (Wildman–Crippen MR) is 72.0 cm³/mol. The number of ether oxygens (including phenoxy) is 2. The smallest absolute Gasteiger partial charge is 0.341 e. The van der Waals surface area contributed by atoms with Gasteiger partial charge in [-0.3, -0.25) is 0 Å². The van der Waals surface area contributed by atoms with Crippen LogP contribution in [0.1, 0.15) is 23.2 Å². The number of rotatable bonds is 3. The van der Waals surface area contributed by atoms with Crippen LogP contribution in [0.15, 0.2) is 17.0 Å². The van der Waals surface area contributed by atoms with Crippen LogP contribution in [-0.4, -0.2) is 33.7 Å². The average Bonchev–Trinajstić information content (AvgIpc) is 2.40. The van der Waals surface area contributed by atoms with Crippen LogP contribution in [0.5, 0.6) is 0 Å². The zero-order valence-electron chi connectivity index (χ0n) is 10.8. The molecule has 9 heteroatoms. The maximum absolute atomic E-state index is 14.1. The first-order valence-corrected chi connectivity index (χ1v) is 8.02. The van der Waals surface area contributed by atoms with Gasteiger partial charge in [-0.05, 0) is 12.1 Å². The number of esters is 1. The van der Waals surface area contributed by atoms with Gasteiger partial charge >= 0.3 is 5.97 Å². The molecule has 6 nitrogen and oxygen atoms in total. The Balaban J connectivity index is 2.30. The van der Waals surface area contributed by atoms with E-state index in [4.69, 9.17) is 26.2 Å². The van der Waals surface area contributed by atoms with E-state index in [1.165, 1.54) is 0 Å². The summed E-state index contributed by atoms with van der Waals surface area (Å²) in [6.45, 7) is 0.886. The molecule has 0 radical (unpaired) electrons. The van der Waals surface area contributed by atoms with Crippen molar-refractivity contribution in [1.82, 2.24) is 0 Å². The van der Waals surface area contributed by atoms with Crippen LogP contribution in [0.25, 0.3) is 0 Å². The summed E-state index contributed by atoms with van der Waals surface area (Å²) in [5.41, 5.74) is -0.557. The SMILES string of the molecule is NS(=O)(=O)c1cc(Cl)cc(C(=O)OC2CCOCC2)c1F. The van der Waals surface area contributed by atoms with Crippen LogP contribution in [0, 0.1) is 5.82 Å². The van der Waals surface area contributed by atoms with E-state index in [1.807, 2.05) is 0 Å². The highest BCUT2D eigenvalue weighted by atomic mass is 35.5. The van der Waals surface area contributed by atoms with Gasteiger partial charge in [-0.15, -0.1) is 0 Å². The van der Waals surface area contributed by atoms with Gasteiger partial charge in [0.15, 0.2) is 5.82 Å². The first kappa shape index (κ1) is 16.2. The van der Waals surface area contributed by atoms with Crippen molar-refractivity contribution in [3.8, 4) is 0 Å². The molecule has 1 saturated heterocycles. The Morgan fingerprint density at radius 2 is 2.00 bits per heavy atom. The standard InChI is InChI=1S/C12H13ClFNO5S/c13-7-5-9(11(14)10(6-7)21(15,17)18)12(16)20-8-1-3-19-4-2-8/h5-6,8H,1-4H2,(H2,15,17,18). The van der Waals surface area contributed by atoms with Crippen molar-refractivity contribution in [3.63, 3.8) is 0 Å². The Bertz CT molecular complexity index is 658. The molecule has 2 N–H and O–H groups in total. The molecule has 1 heterocycles. The van der Waals surface area contributed by atoms with E-state index < -0.39 is 38.4 Å². The van der Waals surface area contributed by atoms with Gasteiger partial charge in [0, 0.05) is 17.9 Å². The van der Waals surface area contributed by atoms with Gasteiger partial charge in [-0.1, -0.05) is 11.6 Å². The quantitative estimate of drug-likeness (QED) is 0.842. The van der Waals surface area contributed by atoms with Crippen LogP contribution >= 0.6 is 11.6 Å². The minimum Gasteiger partial charge on any atom is -0.459 e. The van der Waals surface area contributed by atoms with Gasteiger partial charge in [0.25, 0.3) is 0 Å². The van der Waals surface area contributed by atoms with Gasteiger partial charge in [0.1, 0.15) is 11.0 Å². The van der Waals surface area contributed by atoms with Crippen molar-refractivity contribution in [2.75, 3.05) is 13.2 Å². The topological polar surface area (TPSA) is 95.7 Å². The zero-order valence-corrected chi connectivity index (χ0v) is 12.4. The van der Waals surface area contributed by atoms with E-state index in [2.05, 4.69) is 0 Å². The van der Waals surface area contributed by atoms with E-state index in [0.717, 1.165) is 12.1 Å². The molecule has 0 saturated carbocycles. The minimum atomic E-state index is -4.33. The fraction of sp³-hybridized carbons (Fsp3) is 0.417. The lowest BCUT2D eigenvalue weighted by Crippen LogP contribution is -2.27. The summed E-state index contributed by atoms with van der Waals surface area (Å²) >= 11 is 5.70. The molecule has 21 heavy (non-hydrogen) atoms. The summed E-state index contributed by atoms with van der Waals surface area (Å²) in [7, 11) is -4.33. The second-order valence-electron chi connectivity index (χ2n) is 4.53. The lowest BCUT2D eigenvalue weighted by Gasteiger charge is -2.22. The summed E-state index contributed by atoms with van der Waals surface area (Å²) < 4.78 is 46.9. The Kier molecular flexibility index (Phi) is 4.82. The number of sulfonamides is 1. The molecule has 1 fully saturated rings. The minimum absolute atomic E-state index is 0.126. The van der Waals surface area contributed by atoms with Gasteiger partial charge in [0.05, 0.1) is 18.8 Å². The summed E-state index contributed by atoms with van der Waals surface area (Å²) in [5, 5.41) is 4.76. The van der Waals surface area contributed by atoms with E-state index in [0.29, 0.717) is 26.1 Å². The predicted octanol–water partition coefficient (Wildman–Crippen LogP) is 1.46. The molecule has 0 amide bonds. The summed E-state index contributed by atoms with van der Waals surface area (Å²) in [6.07, 6.45) is 0.592. The van der Waals surface area contributed by atoms with E-state index in [-0.39, 0.29) is 5.02 Å². The second-order valence-corrected chi connectivity index (χ2v) is 6.49. The zero-order chi connectivity index (χ0) is 15.6. The van der Waals surface area contributed by atoms with Crippen LogP contribution in [0.4, 0.5) is 4.39 Å². The lowest BCUT2D eigenvalue weighted by molar-refractivity contribution is -0.0162. The monoisotopic (exact) mass is 337 g/mol. The molecular formula is C12H13ClFNO5S. The Hall–Kier alpha value is -1.22. The molecule has 1 aliphatic heterocycles. The van der Waals surface area contributed by atoms with Gasteiger partial charge in [-0.25, -0.2) is 22.7 Å². The first-order valence-electron chi connectivity index (χ1n) is 6.09. The maximum Gasteiger partial charge on any atom is 0.341 e. The number of hydrogen-bond acceptors (Lipinski definition) is 5. The molecule has 0 bridgehead atoms. The molecule has 0 aliphatic carbocycles. The third-order valence-corrected chi connectivity index (χ3v) is 4.10. The van der Waals surface area contributed by atoms with E-state index in [9.17, 15) is 17.6 Å². The summed E-state index contributed by atoms with van der Waals surface area (Å²) in [5.74, 6) is -2.24. The fourth-order valence-corrected chi connectivity index (χ4v) is 2.86. The van der Waals surface area contributed by atoms with Crippen molar-refractivity contribution >= 4 is 27.6 Å². The second kappa shape index (κ2) is 6.27. The summed E-state index contributed by atoms with van der Waals surface area (Å²) in [6, 6.07) is 1.85. The molecule has 1 aliphatic rings. The number of nitrogens with two attached hydrogens (primary N) is 1. The van der Waals surface area contributed by atoms with Crippen molar-refractivity contribution < 1.29 is 27.1 Å². The molecular weight excluding hydrogens is 325 g/mol. The molecule has 116 valence electrons. The Labute approximate surface area is 126 Å². The summed E-state index contributed by atoms with van der Waals surface area (Å²) in [4.78, 5) is 11.1. The van der Waals surface area contributed by atoms with Crippen LogP contribution in [0.3, 0.4) is 0 Å². The molecule has 2 rings (SSSR count). The number of benzene rings is 1. The van der Waals surface area contributed by atoms with E-state index >= 15 is 0 Å². The van der Waals surface area contributed by atoms with Crippen molar-refractivity contribution in [1.29, 1.82) is 0 Å². The van der Waals surface area contributed by atoms with Gasteiger partial charge in [0.2, 0.25) is 10.0 Å². The molecule has 0 atom stereocenters. The Morgan fingerprint density at radius 3 is 2.57 bits per heavy atom. The number of halogens is 2. The number of hydrogen-bond donors (Lipinski definition) is 1. The Morgan fingerprint density at radius 1 is 1.38 bits per heavy atom. The molecule has 0 unspecified atom stereocenters. The van der Waals surface area contributed by atoms with Crippen molar-refractivity contribution in [3.05, 3.63) is 28.5 Å². The van der Waals surface area contributed by atoms with Gasteiger partial charge in [-0.2, -0.15) is 0 Å². The molecule has 0 spiro atoms. The lowest BCUT2D eigenvalue weighted by atomic mass is 10.1. The third kappa shape index (κ3) is 3.91. The third-order valence-electron chi connectivity index (χ3n) is 2.97. The van der Waals surface area contributed by atoms with Crippen molar-refractivity contribution in [2.45, 2.75) is 23.8 Å². The highest BCUT2D eigenvalue weighted by Crippen LogP contribution is 2.24. The molecule has 1 aromatic carbocycles. The first-order chi connectivity index (χ1) is 9.79.